The first-order chi connectivity index (χ1) is 9.99. The molecule has 0 heterocycles. The van der Waals surface area contributed by atoms with E-state index in [1.165, 1.54) is 24.3 Å². The molecular weight excluding hydrogens is 278 g/mol. The molecule has 0 radical (unpaired) electrons. The van der Waals surface area contributed by atoms with Gasteiger partial charge in [-0.2, -0.15) is 0 Å². The molecule has 0 fully saturated rings. The lowest BCUT2D eigenvalue weighted by molar-refractivity contribution is -0.157. The second-order valence-corrected chi connectivity index (χ2v) is 3.96. The predicted molar refractivity (Wildman–Crippen MR) is 72.6 cm³/mol. The van der Waals surface area contributed by atoms with Crippen molar-refractivity contribution >= 4 is 17.8 Å². The van der Waals surface area contributed by atoms with Crippen molar-refractivity contribution in [3.63, 3.8) is 0 Å². The maximum absolute atomic E-state index is 12.0. The highest BCUT2D eigenvalue weighted by atomic mass is 16.6. The quantitative estimate of drug-likeness (QED) is 0.589. The van der Waals surface area contributed by atoms with Gasteiger partial charge in [-0.25, -0.2) is 9.59 Å². The van der Waals surface area contributed by atoms with E-state index in [0.29, 0.717) is 0 Å². The summed E-state index contributed by atoms with van der Waals surface area (Å²) in [7, 11) is 0. The largest absolute Gasteiger partial charge is 0.508 e. The van der Waals surface area contributed by atoms with Gasteiger partial charge in [-0.05, 0) is 38.1 Å². The van der Waals surface area contributed by atoms with Crippen LogP contribution in [-0.2, 0) is 19.1 Å². The number of amides is 1. The highest BCUT2D eigenvalue weighted by molar-refractivity contribution is 6.05. The standard InChI is InChI=1S/C14H17NO6/c1-3-20-13(18)11(14(19)21-4-2)15-12(17)9-5-7-10(16)8-6-9/h5-8,11,16H,3-4H2,1-2H3,(H,15,17). The lowest BCUT2D eigenvalue weighted by atomic mass is 10.2. The Labute approximate surface area is 121 Å². The number of nitrogens with one attached hydrogen (secondary N) is 1. The zero-order chi connectivity index (χ0) is 15.8. The number of rotatable bonds is 6. The third kappa shape index (κ3) is 4.79. The summed E-state index contributed by atoms with van der Waals surface area (Å²) >= 11 is 0. The summed E-state index contributed by atoms with van der Waals surface area (Å²) in [5.41, 5.74) is 0.186. The van der Waals surface area contributed by atoms with Gasteiger partial charge in [0.15, 0.2) is 0 Å². The molecule has 0 atom stereocenters. The Morgan fingerprint density at radius 1 is 1.05 bits per heavy atom. The maximum atomic E-state index is 12.0. The van der Waals surface area contributed by atoms with Crippen LogP contribution in [0.3, 0.4) is 0 Å². The molecule has 0 saturated carbocycles. The lowest BCUT2D eigenvalue weighted by Crippen LogP contribution is -2.48. The van der Waals surface area contributed by atoms with Crippen molar-refractivity contribution in [3.8, 4) is 5.75 Å². The Hall–Kier alpha value is -2.57. The van der Waals surface area contributed by atoms with Crippen molar-refractivity contribution in [2.45, 2.75) is 19.9 Å². The minimum atomic E-state index is -1.52. The molecule has 0 aliphatic rings. The van der Waals surface area contributed by atoms with Crippen molar-refractivity contribution in [1.29, 1.82) is 0 Å². The van der Waals surface area contributed by atoms with Gasteiger partial charge in [-0.15, -0.1) is 0 Å². The van der Waals surface area contributed by atoms with Crippen LogP contribution >= 0.6 is 0 Å². The number of carbonyl (C=O) groups excluding carboxylic acids is 3. The number of carbonyl (C=O) groups is 3. The van der Waals surface area contributed by atoms with Crippen molar-refractivity contribution in [2.75, 3.05) is 13.2 Å². The van der Waals surface area contributed by atoms with Crippen LogP contribution in [0.1, 0.15) is 24.2 Å². The smallest absolute Gasteiger partial charge is 0.340 e. The molecule has 21 heavy (non-hydrogen) atoms. The molecule has 7 heteroatoms. The van der Waals surface area contributed by atoms with Crippen LogP contribution in [0.15, 0.2) is 24.3 Å². The summed E-state index contributed by atoms with van der Waals surface area (Å²) < 4.78 is 9.47. The van der Waals surface area contributed by atoms with Gasteiger partial charge in [0.05, 0.1) is 13.2 Å². The summed E-state index contributed by atoms with van der Waals surface area (Å²) in [6.07, 6.45) is 0. The fourth-order valence-corrected chi connectivity index (χ4v) is 1.49. The molecule has 0 unspecified atom stereocenters. The summed E-state index contributed by atoms with van der Waals surface area (Å²) in [5.74, 6) is -2.42. The molecular formula is C14H17NO6. The number of ether oxygens (including phenoxy) is 2. The molecule has 114 valence electrons. The molecule has 1 aromatic carbocycles. The molecule has 1 aromatic rings. The number of phenols is 1. The minimum absolute atomic E-state index is 0.00103. The van der Waals surface area contributed by atoms with Gasteiger partial charge in [0.1, 0.15) is 5.75 Å². The molecule has 7 nitrogen and oxygen atoms in total. The van der Waals surface area contributed by atoms with Gasteiger partial charge < -0.3 is 19.9 Å². The highest BCUT2D eigenvalue weighted by Crippen LogP contribution is 2.10. The van der Waals surface area contributed by atoms with Crippen molar-refractivity contribution in [3.05, 3.63) is 29.8 Å². The maximum Gasteiger partial charge on any atom is 0.340 e. The molecule has 0 aliphatic carbocycles. The van der Waals surface area contributed by atoms with Gasteiger partial charge in [0, 0.05) is 5.56 Å². The molecule has 1 amide bonds. The van der Waals surface area contributed by atoms with Crippen LogP contribution < -0.4 is 5.32 Å². The highest BCUT2D eigenvalue weighted by Gasteiger charge is 2.31. The van der Waals surface area contributed by atoms with E-state index in [-0.39, 0.29) is 24.5 Å². The monoisotopic (exact) mass is 295 g/mol. The molecule has 0 spiro atoms. The second kappa shape index (κ2) is 7.88. The Bertz CT molecular complexity index is 493. The Balaban J connectivity index is 2.84. The predicted octanol–water partition coefficient (Wildman–Crippen LogP) is 0.617. The number of phenolic OH excluding ortho intramolecular Hbond substituents is 1. The average molecular weight is 295 g/mol. The molecule has 0 aliphatic heterocycles. The van der Waals surface area contributed by atoms with E-state index < -0.39 is 23.9 Å². The van der Waals surface area contributed by atoms with Crippen molar-refractivity contribution in [1.82, 2.24) is 5.32 Å². The van der Waals surface area contributed by atoms with E-state index in [9.17, 15) is 14.4 Å². The first kappa shape index (κ1) is 16.5. The number of benzene rings is 1. The van der Waals surface area contributed by atoms with Crippen LogP contribution in [0.2, 0.25) is 0 Å². The first-order valence-corrected chi connectivity index (χ1v) is 6.42. The van der Waals surface area contributed by atoms with Crippen LogP contribution in [0.4, 0.5) is 0 Å². The topological polar surface area (TPSA) is 102 Å². The molecule has 0 bridgehead atoms. The van der Waals surface area contributed by atoms with Crippen LogP contribution in [-0.4, -0.2) is 42.2 Å². The van der Waals surface area contributed by atoms with E-state index in [0.717, 1.165) is 0 Å². The number of esters is 2. The summed E-state index contributed by atoms with van der Waals surface area (Å²) in [4.78, 5) is 35.4. The van der Waals surface area contributed by atoms with Crippen LogP contribution in [0.5, 0.6) is 5.75 Å². The Morgan fingerprint density at radius 2 is 1.52 bits per heavy atom. The Kier molecular flexibility index (Phi) is 6.19. The van der Waals surface area contributed by atoms with Crippen LogP contribution in [0.25, 0.3) is 0 Å². The van der Waals surface area contributed by atoms with E-state index in [2.05, 4.69) is 5.32 Å². The van der Waals surface area contributed by atoms with E-state index in [4.69, 9.17) is 14.6 Å². The van der Waals surface area contributed by atoms with Gasteiger partial charge in [-0.3, -0.25) is 4.79 Å². The molecule has 0 aromatic heterocycles. The minimum Gasteiger partial charge on any atom is -0.508 e. The number of aromatic hydroxyl groups is 1. The molecule has 0 saturated heterocycles. The van der Waals surface area contributed by atoms with Gasteiger partial charge in [-0.1, -0.05) is 0 Å². The van der Waals surface area contributed by atoms with Gasteiger partial charge in [0.25, 0.3) is 5.91 Å². The van der Waals surface area contributed by atoms with E-state index in [1.807, 2.05) is 0 Å². The second-order valence-electron chi connectivity index (χ2n) is 3.96. The third-order valence-corrected chi connectivity index (χ3v) is 2.45. The molecule has 2 N–H and O–H groups in total. The third-order valence-electron chi connectivity index (χ3n) is 2.45. The number of hydrogen-bond acceptors (Lipinski definition) is 6. The van der Waals surface area contributed by atoms with Gasteiger partial charge in [0.2, 0.25) is 6.04 Å². The fourth-order valence-electron chi connectivity index (χ4n) is 1.49. The summed E-state index contributed by atoms with van der Waals surface area (Å²) in [5, 5.41) is 11.4. The zero-order valence-corrected chi connectivity index (χ0v) is 11.8. The molecule has 1 rings (SSSR count). The lowest BCUT2D eigenvalue weighted by Gasteiger charge is -2.15. The SMILES string of the molecule is CCOC(=O)C(NC(=O)c1ccc(O)cc1)C(=O)OCC. The van der Waals surface area contributed by atoms with Gasteiger partial charge >= 0.3 is 11.9 Å². The normalized spacial score (nSPS) is 10.0. The average Bonchev–Trinajstić information content (AvgIpc) is 2.45. The van der Waals surface area contributed by atoms with Crippen molar-refractivity contribution in [2.24, 2.45) is 0 Å². The fraction of sp³-hybridized carbons (Fsp3) is 0.357. The van der Waals surface area contributed by atoms with Crippen LogP contribution in [0, 0.1) is 0 Å². The summed E-state index contributed by atoms with van der Waals surface area (Å²) in [6, 6.07) is 3.83. The van der Waals surface area contributed by atoms with E-state index >= 15 is 0 Å². The van der Waals surface area contributed by atoms with Crippen molar-refractivity contribution < 1.29 is 29.0 Å². The van der Waals surface area contributed by atoms with E-state index in [1.54, 1.807) is 13.8 Å². The first-order valence-electron chi connectivity index (χ1n) is 6.42. The Morgan fingerprint density at radius 3 is 1.95 bits per heavy atom. The zero-order valence-electron chi connectivity index (χ0n) is 11.8. The summed E-state index contributed by atoms with van der Waals surface area (Å²) in [6.45, 7) is 3.32. The number of hydrogen-bond donors (Lipinski definition) is 2.